The number of fused-ring (bicyclic) bond motifs is 5. The van der Waals surface area contributed by atoms with Gasteiger partial charge in [-0.2, -0.15) is 0 Å². The molecule has 4 fully saturated rings. The molecule has 1 saturated heterocycles. The van der Waals surface area contributed by atoms with Gasteiger partial charge in [-0.25, -0.2) is 22.9 Å². The van der Waals surface area contributed by atoms with Gasteiger partial charge in [-0.15, -0.1) is 0 Å². The van der Waals surface area contributed by atoms with E-state index < -0.39 is 44.1 Å². The number of pyridine rings is 1. The molecule has 4 heterocycles. The molecule has 1 aromatic heterocycles. The number of rotatable bonds is 8. The second-order valence-electron chi connectivity index (χ2n) is 17.9. The van der Waals surface area contributed by atoms with Crippen LogP contribution in [0.15, 0.2) is 36.4 Å². The maximum absolute atomic E-state index is 14.9. The van der Waals surface area contributed by atoms with Crippen molar-refractivity contribution < 1.29 is 32.3 Å². The van der Waals surface area contributed by atoms with Crippen LogP contribution >= 0.6 is 0 Å². The molecule has 0 bridgehead atoms. The lowest BCUT2D eigenvalue weighted by Crippen LogP contribution is -2.67. The van der Waals surface area contributed by atoms with Crippen LogP contribution in [0.25, 0.3) is 10.9 Å². The predicted octanol–water partition coefficient (Wildman–Crippen LogP) is 5.78. The number of aromatic nitrogens is 1. The Kier molecular flexibility index (Phi) is 10.2. The Bertz CT molecular complexity index is 1980. The van der Waals surface area contributed by atoms with E-state index in [-0.39, 0.29) is 49.8 Å². The Balaban J connectivity index is 1.13. The number of hydrogen-bond acceptors (Lipinski definition) is 8. The number of ether oxygens (including phenoxy) is 2. The van der Waals surface area contributed by atoms with Gasteiger partial charge in [0.1, 0.15) is 23.4 Å². The van der Waals surface area contributed by atoms with E-state index in [0.717, 1.165) is 72.9 Å². The summed E-state index contributed by atoms with van der Waals surface area (Å²) in [5.74, 6) is 0.525. The quantitative estimate of drug-likeness (QED) is 0.285. The summed E-state index contributed by atoms with van der Waals surface area (Å²) in [6.45, 7) is 6.16. The minimum Gasteiger partial charge on any atom is -0.483 e. The second kappa shape index (κ2) is 14.7. The van der Waals surface area contributed by atoms with Crippen molar-refractivity contribution in [3.8, 4) is 5.75 Å². The van der Waals surface area contributed by atoms with Crippen LogP contribution in [0.2, 0.25) is 0 Å². The number of allylic oxidation sites excluding steroid dienone is 1. The van der Waals surface area contributed by atoms with E-state index in [1.165, 1.54) is 0 Å². The van der Waals surface area contributed by atoms with E-state index in [4.69, 9.17) is 14.5 Å². The molecule has 1 aromatic carbocycles. The molecule has 3 aliphatic carbocycles. The minimum atomic E-state index is -3.59. The van der Waals surface area contributed by atoms with Crippen LogP contribution < -0.4 is 20.1 Å². The smallest absolute Gasteiger partial charge is 0.407 e. The number of hydrogen-bond donors (Lipinski definition) is 3. The molecule has 12 nitrogen and oxygen atoms in total. The number of nitrogens with zero attached hydrogens (tertiary/aromatic N) is 2. The topological polar surface area (TPSA) is 156 Å². The molecule has 8 rings (SSSR count). The standard InChI is InChI=1S/C42H57N5O7S/c1-27(2)24-53-39(50)45-33-14-8-6-4-5-7-11-29-17-20-42(29,25-43-55(51,52)40(3)21-22-40)46-37(48)34-23-41(26-47(34)38(33)49)19-18-31-30-12-9-10-13-32(30)44-35(28-15-16-28)36(31)54-41/h7,9-13,27-29,33-34,43H,4-6,8,14-26H2,1-3H3,(H,45,50)(H,46,48). The highest BCUT2D eigenvalue weighted by molar-refractivity contribution is 7.91. The molecule has 2 aromatic rings. The highest BCUT2D eigenvalue weighted by Gasteiger charge is 2.57. The summed E-state index contributed by atoms with van der Waals surface area (Å²) >= 11 is 0. The van der Waals surface area contributed by atoms with Crippen molar-refractivity contribution in [1.82, 2.24) is 25.2 Å². The molecular weight excluding hydrogens is 719 g/mol. The highest BCUT2D eigenvalue weighted by Crippen LogP contribution is 2.51. The summed E-state index contributed by atoms with van der Waals surface area (Å²) in [5, 5.41) is 7.27. The van der Waals surface area contributed by atoms with E-state index in [2.05, 4.69) is 33.6 Å². The number of amides is 3. The summed E-state index contributed by atoms with van der Waals surface area (Å²) in [4.78, 5) is 49.5. The number of sulfonamides is 1. The monoisotopic (exact) mass is 775 g/mol. The van der Waals surface area contributed by atoms with E-state index in [1.807, 2.05) is 32.0 Å². The second-order valence-corrected chi connectivity index (χ2v) is 20.2. The number of carbonyl (C=O) groups excluding carboxylic acids is 3. The summed E-state index contributed by atoms with van der Waals surface area (Å²) in [7, 11) is -3.59. The third-order valence-corrected chi connectivity index (χ3v) is 15.3. The fourth-order valence-electron chi connectivity index (χ4n) is 9.03. The van der Waals surface area contributed by atoms with E-state index >= 15 is 0 Å². The van der Waals surface area contributed by atoms with Crippen molar-refractivity contribution in [3.63, 3.8) is 0 Å². The molecule has 6 aliphatic rings. The fraction of sp³-hybridized carbons (Fsp3) is 0.667. The third-order valence-electron chi connectivity index (χ3n) is 13.1. The number of alkyl carbamates (subject to hydrolysis) is 1. The number of benzene rings is 1. The first-order valence-electron chi connectivity index (χ1n) is 20.6. The molecule has 13 heteroatoms. The van der Waals surface area contributed by atoms with Crippen LogP contribution in [0, 0.1) is 11.8 Å². The number of aryl methyl sites for hydroxylation is 1. The van der Waals surface area contributed by atoms with Crippen molar-refractivity contribution in [1.29, 1.82) is 0 Å². The Labute approximate surface area is 325 Å². The molecule has 5 atom stereocenters. The molecule has 298 valence electrons. The maximum Gasteiger partial charge on any atom is 0.407 e. The van der Waals surface area contributed by atoms with E-state index in [1.54, 1.807) is 11.8 Å². The van der Waals surface area contributed by atoms with Crippen LogP contribution in [0.4, 0.5) is 4.79 Å². The van der Waals surface area contributed by atoms with Crippen molar-refractivity contribution in [2.24, 2.45) is 11.8 Å². The van der Waals surface area contributed by atoms with E-state index in [0.29, 0.717) is 44.4 Å². The lowest BCUT2D eigenvalue weighted by molar-refractivity contribution is -0.141. The van der Waals surface area contributed by atoms with Crippen LogP contribution in [0.3, 0.4) is 0 Å². The first kappa shape index (κ1) is 38.2. The minimum absolute atomic E-state index is 0.0563. The summed E-state index contributed by atoms with van der Waals surface area (Å²) in [6, 6.07) is 6.38. The maximum atomic E-state index is 14.9. The van der Waals surface area contributed by atoms with Gasteiger partial charge in [-0.1, -0.05) is 57.0 Å². The van der Waals surface area contributed by atoms with Crippen LogP contribution in [-0.2, 0) is 30.8 Å². The Hall–Kier alpha value is -3.71. The normalized spacial score (nSPS) is 30.6. The van der Waals surface area contributed by atoms with E-state index in [9.17, 15) is 22.8 Å². The van der Waals surface area contributed by atoms with Crippen molar-refractivity contribution in [3.05, 3.63) is 47.7 Å². The molecule has 1 spiro atoms. The zero-order valence-electron chi connectivity index (χ0n) is 32.5. The Morgan fingerprint density at radius 2 is 1.87 bits per heavy atom. The van der Waals surface area contributed by atoms with Crippen molar-refractivity contribution in [2.75, 3.05) is 19.7 Å². The number of carbonyl (C=O) groups is 3. The molecule has 5 unspecified atom stereocenters. The van der Waals surface area contributed by atoms with Crippen LogP contribution in [-0.4, -0.2) is 83.9 Å². The average molecular weight is 776 g/mol. The molecule has 3 saturated carbocycles. The van der Waals surface area contributed by atoms with Gasteiger partial charge in [0.2, 0.25) is 21.8 Å². The summed E-state index contributed by atoms with van der Waals surface area (Å²) in [5.41, 5.74) is 1.36. The van der Waals surface area contributed by atoms with Gasteiger partial charge in [0.25, 0.3) is 0 Å². The van der Waals surface area contributed by atoms with Gasteiger partial charge in [-0.05, 0) is 89.5 Å². The SMILES string of the molecule is CC(C)COC(=O)NC1CCCCCC=CC2CCC2(CNS(=O)(=O)C2(C)CC2)NC(=O)C2CC3(CCc4c(c(C5CC5)nc5ccccc45)O3)CN2C1=O. The zero-order chi connectivity index (χ0) is 38.6. The average Bonchev–Trinajstić information content (AvgIpc) is 4.10. The van der Waals surface area contributed by atoms with Gasteiger partial charge in [0.15, 0.2) is 0 Å². The molecular formula is C42H57N5O7S. The van der Waals surface area contributed by atoms with Crippen LogP contribution in [0.5, 0.6) is 5.75 Å². The molecule has 3 aliphatic heterocycles. The van der Waals surface area contributed by atoms with Gasteiger partial charge >= 0.3 is 6.09 Å². The van der Waals surface area contributed by atoms with Gasteiger partial charge in [0.05, 0.1) is 34.6 Å². The highest BCUT2D eigenvalue weighted by atomic mass is 32.2. The summed E-state index contributed by atoms with van der Waals surface area (Å²) in [6.07, 6.45) is 13.7. The number of para-hydroxylation sites is 1. The summed E-state index contributed by atoms with van der Waals surface area (Å²) < 4.78 is 41.4. The third kappa shape index (κ3) is 7.59. The predicted molar refractivity (Wildman–Crippen MR) is 209 cm³/mol. The zero-order valence-corrected chi connectivity index (χ0v) is 33.3. The van der Waals surface area contributed by atoms with Crippen LogP contribution in [0.1, 0.15) is 121 Å². The Morgan fingerprint density at radius 3 is 2.60 bits per heavy atom. The van der Waals surface area contributed by atoms with Gasteiger partial charge in [0, 0.05) is 35.8 Å². The first-order valence-corrected chi connectivity index (χ1v) is 22.1. The first-order chi connectivity index (χ1) is 26.3. The lowest BCUT2D eigenvalue weighted by atomic mass is 9.66. The number of nitrogens with one attached hydrogen (secondary N) is 3. The van der Waals surface area contributed by atoms with Crippen molar-refractivity contribution in [2.45, 2.75) is 145 Å². The fourth-order valence-corrected chi connectivity index (χ4v) is 10.5. The molecule has 3 amide bonds. The largest absolute Gasteiger partial charge is 0.483 e. The van der Waals surface area contributed by atoms with Gasteiger partial charge < -0.3 is 25.0 Å². The van der Waals surface area contributed by atoms with Crippen molar-refractivity contribution >= 4 is 38.8 Å². The Morgan fingerprint density at radius 1 is 1.07 bits per heavy atom. The molecule has 3 N–H and O–H groups in total. The lowest BCUT2D eigenvalue weighted by Gasteiger charge is -2.50. The van der Waals surface area contributed by atoms with Gasteiger partial charge in [-0.3, -0.25) is 9.59 Å². The molecule has 55 heavy (non-hydrogen) atoms. The molecule has 0 radical (unpaired) electrons.